The van der Waals surface area contributed by atoms with Crippen molar-refractivity contribution in [2.24, 2.45) is 5.10 Å². The van der Waals surface area contributed by atoms with E-state index in [9.17, 15) is 19.7 Å². The number of amides is 1. The maximum atomic E-state index is 12.2. The molecule has 0 atom stereocenters. The number of nitro benzene ring substituents is 1. The van der Waals surface area contributed by atoms with Crippen LogP contribution in [0.25, 0.3) is 0 Å². The molecule has 168 valence electrons. The summed E-state index contributed by atoms with van der Waals surface area (Å²) in [5.41, 5.74) is 2.93. The fraction of sp³-hybridized carbons (Fsp3) is 0.0455. The van der Waals surface area contributed by atoms with Crippen LogP contribution in [0.2, 0.25) is 5.02 Å². The van der Waals surface area contributed by atoms with Crippen molar-refractivity contribution in [1.82, 2.24) is 5.43 Å². The summed E-state index contributed by atoms with van der Waals surface area (Å²) in [5.74, 6) is -0.447. The van der Waals surface area contributed by atoms with Gasteiger partial charge in [0.05, 0.1) is 21.2 Å². The zero-order valence-electron chi connectivity index (χ0n) is 16.7. The molecule has 0 aliphatic carbocycles. The van der Waals surface area contributed by atoms with E-state index in [0.29, 0.717) is 20.8 Å². The van der Waals surface area contributed by atoms with Crippen LogP contribution in [0.3, 0.4) is 0 Å². The highest BCUT2D eigenvalue weighted by Crippen LogP contribution is 2.27. The Morgan fingerprint density at radius 3 is 2.58 bits per heavy atom. The van der Waals surface area contributed by atoms with Crippen molar-refractivity contribution in [2.75, 3.05) is 6.61 Å². The number of hydrogen-bond acceptors (Lipinski definition) is 7. The highest BCUT2D eigenvalue weighted by atomic mass is 79.9. The molecular weight excluding hydrogens is 518 g/mol. The largest absolute Gasteiger partial charge is 0.483 e. The fourth-order valence-corrected chi connectivity index (χ4v) is 3.29. The normalized spacial score (nSPS) is 10.6. The first-order valence-electron chi connectivity index (χ1n) is 9.28. The number of hydrogen-bond donors (Lipinski definition) is 1. The molecule has 0 radical (unpaired) electrons. The molecule has 3 aromatic rings. The number of non-ortho nitro benzene ring substituents is 1. The third-order valence-corrected chi connectivity index (χ3v) is 4.89. The topological polar surface area (TPSA) is 120 Å². The SMILES string of the molecule is O=C(COc1ccc(Cl)cc1Br)N/N=C/c1cccc(OC(=O)c2ccc([N+](=O)[O-])cc2)c1. The van der Waals surface area contributed by atoms with Crippen LogP contribution in [0.4, 0.5) is 5.69 Å². The molecule has 0 unspecified atom stereocenters. The van der Waals surface area contributed by atoms with E-state index in [1.807, 2.05) is 0 Å². The molecule has 0 spiro atoms. The molecule has 1 amide bonds. The Bertz CT molecular complexity index is 1220. The Morgan fingerprint density at radius 2 is 1.88 bits per heavy atom. The summed E-state index contributed by atoms with van der Waals surface area (Å²) in [7, 11) is 0. The van der Waals surface area contributed by atoms with E-state index in [0.717, 1.165) is 0 Å². The molecule has 3 rings (SSSR count). The number of hydrazone groups is 1. The van der Waals surface area contributed by atoms with Gasteiger partial charge in [0.2, 0.25) is 0 Å². The van der Waals surface area contributed by atoms with Gasteiger partial charge in [0, 0.05) is 17.2 Å². The molecule has 0 aliphatic rings. The van der Waals surface area contributed by atoms with Gasteiger partial charge in [0.25, 0.3) is 11.6 Å². The highest BCUT2D eigenvalue weighted by molar-refractivity contribution is 9.10. The van der Waals surface area contributed by atoms with Crippen LogP contribution < -0.4 is 14.9 Å². The number of rotatable bonds is 8. The molecule has 0 saturated heterocycles. The van der Waals surface area contributed by atoms with Crippen LogP contribution in [0.15, 0.2) is 76.3 Å². The molecule has 0 aliphatic heterocycles. The van der Waals surface area contributed by atoms with Crippen molar-refractivity contribution in [2.45, 2.75) is 0 Å². The van der Waals surface area contributed by atoms with Gasteiger partial charge in [-0.15, -0.1) is 0 Å². The molecule has 1 N–H and O–H groups in total. The number of ether oxygens (including phenoxy) is 2. The lowest BCUT2D eigenvalue weighted by atomic mass is 10.2. The number of nitrogens with one attached hydrogen (secondary N) is 1. The first kappa shape index (κ1) is 23.9. The van der Waals surface area contributed by atoms with E-state index >= 15 is 0 Å². The lowest BCUT2D eigenvalue weighted by Crippen LogP contribution is -2.24. The zero-order chi connectivity index (χ0) is 23.8. The van der Waals surface area contributed by atoms with Crippen LogP contribution in [0.5, 0.6) is 11.5 Å². The van der Waals surface area contributed by atoms with Crippen molar-refractivity contribution in [3.05, 3.63) is 97.5 Å². The molecule has 0 saturated carbocycles. The fourth-order valence-electron chi connectivity index (χ4n) is 2.49. The molecule has 33 heavy (non-hydrogen) atoms. The zero-order valence-corrected chi connectivity index (χ0v) is 19.1. The third-order valence-electron chi connectivity index (χ3n) is 4.04. The van der Waals surface area contributed by atoms with Crippen molar-refractivity contribution in [1.29, 1.82) is 0 Å². The summed E-state index contributed by atoms with van der Waals surface area (Å²) in [5, 5.41) is 15.1. The van der Waals surface area contributed by atoms with Gasteiger partial charge in [-0.2, -0.15) is 5.10 Å². The highest BCUT2D eigenvalue weighted by Gasteiger charge is 2.12. The quantitative estimate of drug-likeness (QED) is 0.147. The predicted octanol–water partition coefficient (Wildman–Crippen LogP) is 4.76. The second-order valence-electron chi connectivity index (χ2n) is 6.42. The van der Waals surface area contributed by atoms with Crippen LogP contribution in [0, 0.1) is 10.1 Å². The number of carbonyl (C=O) groups is 2. The Kier molecular flexibility index (Phi) is 8.11. The van der Waals surface area contributed by atoms with Crippen LogP contribution >= 0.6 is 27.5 Å². The van der Waals surface area contributed by atoms with Crippen molar-refractivity contribution in [3.63, 3.8) is 0 Å². The van der Waals surface area contributed by atoms with E-state index in [1.165, 1.54) is 30.5 Å². The lowest BCUT2D eigenvalue weighted by Gasteiger charge is -2.07. The minimum absolute atomic E-state index is 0.127. The number of nitrogens with zero attached hydrogens (tertiary/aromatic N) is 2. The van der Waals surface area contributed by atoms with E-state index in [4.69, 9.17) is 21.1 Å². The maximum absolute atomic E-state index is 12.2. The molecule has 9 nitrogen and oxygen atoms in total. The first-order valence-corrected chi connectivity index (χ1v) is 10.5. The molecule has 0 aromatic heterocycles. The maximum Gasteiger partial charge on any atom is 0.343 e. The van der Waals surface area contributed by atoms with Gasteiger partial charge < -0.3 is 9.47 Å². The van der Waals surface area contributed by atoms with Gasteiger partial charge in [0.15, 0.2) is 6.61 Å². The number of nitro groups is 1. The smallest absolute Gasteiger partial charge is 0.343 e. The van der Waals surface area contributed by atoms with Crippen molar-refractivity contribution in [3.8, 4) is 11.5 Å². The lowest BCUT2D eigenvalue weighted by molar-refractivity contribution is -0.384. The third kappa shape index (κ3) is 7.13. The summed E-state index contributed by atoms with van der Waals surface area (Å²) >= 11 is 9.15. The van der Waals surface area contributed by atoms with Crippen molar-refractivity contribution >= 4 is 51.3 Å². The Balaban J connectivity index is 1.53. The number of esters is 1. The van der Waals surface area contributed by atoms with E-state index in [-0.39, 0.29) is 23.6 Å². The summed E-state index contributed by atoms with van der Waals surface area (Å²) in [6, 6.07) is 16.4. The van der Waals surface area contributed by atoms with E-state index < -0.39 is 16.8 Å². The molecular formula is C22H15BrClN3O6. The molecule has 0 heterocycles. The second kappa shape index (κ2) is 11.2. The van der Waals surface area contributed by atoms with Gasteiger partial charge in [-0.1, -0.05) is 23.7 Å². The second-order valence-corrected chi connectivity index (χ2v) is 7.71. The van der Waals surface area contributed by atoms with Crippen molar-refractivity contribution < 1.29 is 24.0 Å². The summed E-state index contributed by atoms with van der Waals surface area (Å²) in [6.45, 7) is -0.259. The van der Waals surface area contributed by atoms with Gasteiger partial charge in [0.1, 0.15) is 11.5 Å². The summed E-state index contributed by atoms with van der Waals surface area (Å²) < 4.78 is 11.3. The van der Waals surface area contributed by atoms with Gasteiger partial charge >= 0.3 is 5.97 Å². The minimum atomic E-state index is -0.669. The summed E-state index contributed by atoms with van der Waals surface area (Å²) in [6.07, 6.45) is 1.37. The molecule has 3 aromatic carbocycles. The Labute approximate surface area is 201 Å². The standard InChI is InChI=1S/C22H15BrClN3O6/c23-19-11-16(24)6-9-20(19)32-13-21(28)26-25-12-14-2-1-3-18(10-14)33-22(29)15-4-7-17(8-5-15)27(30)31/h1-12H,13H2,(H,26,28)/b25-12+. The van der Waals surface area contributed by atoms with Gasteiger partial charge in [-0.3, -0.25) is 14.9 Å². The average Bonchev–Trinajstić information content (AvgIpc) is 2.79. The minimum Gasteiger partial charge on any atom is -0.483 e. The molecule has 11 heteroatoms. The van der Waals surface area contributed by atoms with Crippen LogP contribution in [0.1, 0.15) is 15.9 Å². The molecule has 0 bridgehead atoms. The Hall–Kier alpha value is -3.76. The summed E-state index contributed by atoms with van der Waals surface area (Å²) in [4.78, 5) is 34.3. The van der Waals surface area contributed by atoms with Crippen LogP contribution in [-0.4, -0.2) is 29.6 Å². The monoisotopic (exact) mass is 531 g/mol. The number of benzene rings is 3. The van der Waals surface area contributed by atoms with Gasteiger partial charge in [-0.25, -0.2) is 10.2 Å². The van der Waals surface area contributed by atoms with E-state index in [1.54, 1.807) is 42.5 Å². The van der Waals surface area contributed by atoms with E-state index in [2.05, 4.69) is 26.5 Å². The average molecular weight is 533 g/mol. The van der Waals surface area contributed by atoms with Gasteiger partial charge in [-0.05, 0) is 64.0 Å². The first-order chi connectivity index (χ1) is 15.8. The molecule has 0 fully saturated rings. The number of halogens is 2. The van der Waals surface area contributed by atoms with Crippen LogP contribution in [-0.2, 0) is 4.79 Å². The Morgan fingerprint density at radius 1 is 1.12 bits per heavy atom. The predicted molar refractivity (Wildman–Crippen MR) is 125 cm³/mol. The number of carbonyl (C=O) groups excluding carboxylic acids is 2.